The van der Waals surface area contributed by atoms with Crippen molar-refractivity contribution in [2.75, 3.05) is 9.80 Å². The van der Waals surface area contributed by atoms with E-state index in [0.717, 1.165) is 25.7 Å². The Kier molecular flexibility index (Phi) is 7.19. The molecule has 0 unspecified atom stereocenters. The Bertz CT molecular complexity index is 2770. The van der Waals surface area contributed by atoms with Gasteiger partial charge in [-0.05, 0) is 123 Å². The summed E-state index contributed by atoms with van der Waals surface area (Å²) in [5.74, 6) is 0. The van der Waals surface area contributed by atoms with Crippen molar-refractivity contribution < 1.29 is 0 Å². The largest absolute Gasteiger partial charge is 0.310 e. The molecule has 2 aliphatic heterocycles. The summed E-state index contributed by atoms with van der Waals surface area (Å²) in [5, 5.41) is 2.50. The molecule has 2 aliphatic carbocycles. The molecule has 0 saturated carbocycles. The number of fused-ring (bicyclic) bond motifs is 7. The molecule has 55 heavy (non-hydrogen) atoms. The third kappa shape index (κ3) is 5.01. The second kappa shape index (κ2) is 12.3. The van der Waals surface area contributed by atoms with Crippen LogP contribution >= 0.6 is 0 Å². The topological polar surface area (TPSA) is 6.48 Å². The van der Waals surface area contributed by atoms with Gasteiger partial charge in [0.25, 0.3) is 0 Å². The minimum absolute atomic E-state index is 0.130. The van der Waals surface area contributed by atoms with Gasteiger partial charge in [-0.1, -0.05) is 141 Å². The van der Waals surface area contributed by atoms with Gasteiger partial charge in [0.2, 0.25) is 0 Å². The van der Waals surface area contributed by atoms with Crippen molar-refractivity contribution in [3.8, 4) is 11.1 Å². The molecule has 0 aromatic heterocycles. The summed E-state index contributed by atoms with van der Waals surface area (Å²) in [7, 11) is 0. The van der Waals surface area contributed by atoms with Gasteiger partial charge in [0, 0.05) is 45.7 Å². The predicted molar refractivity (Wildman–Crippen MR) is 232 cm³/mol. The fourth-order valence-corrected chi connectivity index (χ4v) is 9.81. The average Bonchev–Trinajstić information content (AvgIpc) is 3.45. The van der Waals surface area contributed by atoms with Crippen molar-refractivity contribution in [2.24, 2.45) is 0 Å². The van der Waals surface area contributed by atoms with Crippen LogP contribution in [0.2, 0.25) is 0 Å². The molecule has 0 saturated heterocycles. The number of hydrogen-bond acceptors (Lipinski definition) is 2. The van der Waals surface area contributed by atoms with E-state index >= 15 is 0 Å². The van der Waals surface area contributed by atoms with Crippen LogP contribution in [0.1, 0.15) is 65.6 Å². The van der Waals surface area contributed by atoms with Gasteiger partial charge in [0.1, 0.15) is 0 Å². The van der Waals surface area contributed by atoms with Crippen molar-refractivity contribution >= 4 is 51.4 Å². The normalized spacial score (nSPS) is 16.1. The van der Waals surface area contributed by atoms with E-state index in [9.17, 15) is 0 Å². The number of benzene rings is 7. The zero-order valence-corrected chi connectivity index (χ0v) is 31.4. The van der Waals surface area contributed by atoms with Gasteiger partial charge in [0.15, 0.2) is 0 Å². The van der Waals surface area contributed by atoms with Gasteiger partial charge in [-0.15, -0.1) is 0 Å². The molecule has 0 amide bonds. The van der Waals surface area contributed by atoms with Crippen molar-refractivity contribution in [3.63, 3.8) is 0 Å². The molecule has 264 valence electrons. The molecule has 0 bridgehead atoms. The van der Waals surface area contributed by atoms with Crippen LogP contribution in [0.4, 0.5) is 28.4 Å². The number of hydrogen-bond donors (Lipinski definition) is 0. The third-order valence-electron chi connectivity index (χ3n) is 12.5. The summed E-state index contributed by atoms with van der Waals surface area (Å²) in [6.07, 6.45) is 13.6. The van der Waals surface area contributed by atoms with E-state index < -0.39 is 0 Å². The molecule has 2 heterocycles. The number of allylic oxidation sites excluding steroid dienone is 3. The molecule has 11 rings (SSSR count). The molecular weight excluding hydrogens is 665 g/mol. The van der Waals surface area contributed by atoms with E-state index in [0.29, 0.717) is 0 Å². The van der Waals surface area contributed by atoms with Crippen LogP contribution in [0, 0.1) is 0 Å². The van der Waals surface area contributed by atoms with Crippen LogP contribution in [0.5, 0.6) is 0 Å². The highest BCUT2D eigenvalue weighted by Crippen LogP contribution is 2.52. The molecule has 0 spiro atoms. The predicted octanol–water partition coefficient (Wildman–Crippen LogP) is 14.0. The first-order chi connectivity index (χ1) is 27.0. The van der Waals surface area contributed by atoms with Crippen LogP contribution in [-0.2, 0) is 18.3 Å². The summed E-state index contributed by atoms with van der Waals surface area (Å²) < 4.78 is 0. The van der Waals surface area contributed by atoms with Crippen LogP contribution < -0.4 is 9.80 Å². The zero-order chi connectivity index (χ0) is 36.7. The summed E-state index contributed by atoms with van der Waals surface area (Å²) in [6, 6.07) is 54.3. The molecule has 7 aromatic rings. The molecule has 7 aromatic carbocycles. The van der Waals surface area contributed by atoms with E-state index in [1.165, 1.54) is 95.0 Å². The molecule has 2 nitrogen and oxygen atoms in total. The Morgan fingerprint density at radius 1 is 0.527 bits per heavy atom. The van der Waals surface area contributed by atoms with Gasteiger partial charge < -0.3 is 9.80 Å². The monoisotopic (exact) mass is 706 g/mol. The van der Waals surface area contributed by atoms with Crippen molar-refractivity contribution in [1.82, 2.24) is 0 Å². The summed E-state index contributed by atoms with van der Waals surface area (Å²) in [6.45, 7) is 4.79. The van der Waals surface area contributed by atoms with Gasteiger partial charge >= 0.3 is 0 Å². The van der Waals surface area contributed by atoms with Gasteiger partial charge in [-0.25, -0.2) is 0 Å². The molecule has 0 atom stereocenters. The Morgan fingerprint density at radius 2 is 1.15 bits per heavy atom. The second-order valence-corrected chi connectivity index (χ2v) is 16.1. The van der Waals surface area contributed by atoms with Crippen LogP contribution in [0.25, 0.3) is 34.1 Å². The molecule has 2 heteroatoms. The maximum absolute atomic E-state index is 2.51. The van der Waals surface area contributed by atoms with E-state index in [4.69, 9.17) is 0 Å². The highest BCUT2D eigenvalue weighted by atomic mass is 15.2. The zero-order valence-electron chi connectivity index (χ0n) is 31.4. The first-order valence-electron chi connectivity index (χ1n) is 19.7. The Hall–Kier alpha value is -6.38. The maximum Gasteiger partial charge on any atom is 0.0540 e. The van der Waals surface area contributed by atoms with Crippen LogP contribution in [0.15, 0.2) is 169 Å². The maximum atomic E-state index is 2.51. The molecule has 0 N–H and O–H groups in total. The highest BCUT2D eigenvalue weighted by molar-refractivity contribution is 6.04. The number of para-hydroxylation sites is 3. The van der Waals surface area contributed by atoms with E-state index in [-0.39, 0.29) is 5.41 Å². The van der Waals surface area contributed by atoms with E-state index in [1.807, 2.05) is 0 Å². The molecular formula is C53H42N2. The summed E-state index contributed by atoms with van der Waals surface area (Å²) >= 11 is 0. The quantitative estimate of drug-likeness (QED) is 0.168. The Morgan fingerprint density at radius 3 is 1.91 bits per heavy atom. The molecule has 0 fully saturated rings. The lowest BCUT2D eigenvalue weighted by Gasteiger charge is -2.36. The average molecular weight is 707 g/mol. The number of rotatable bonds is 4. The fraction of sp³-hybridized carbons (Fsp3) is 0.132. The Balaban J connectivity index is 0.945. The van der Waals surface area contributed by atoms with Crippen molar-refractivity contribution in [3.05, 3.63) is 208 Å². The van der Waals surface area contributed by atoms with Gasteiger partial charge in [0.05, 0.1) is 5.69 Å². The summed E-state index contributed by atoms with van der Waals surface area (Å²) in [5.41, 5.74) is 21.1. The minimum Gasteiger partial charge on any atom is -0.310 e. The van der Waals surface area contributed by atoms with Gasteiger partial charge in [-0.3, -0.25) is 0 Å². The number of anilines is 5. The molecule has 4 aliphatic rings. The van der Waals surface area contributed by atoms with Crippen LogP contribution in [0.3, 0.4) is 0 Å². The van der Waals surface area contributed by atoms with Crippen LogP contribution in [-0.4, -0.2) is 0 Å². The SMILES string of the molecule is CC1(C)c2cc(/C=C/c3cccc4c(N5c6ccccc6Cc6ccccc65)cccc34)ccc2-c2ccc(N3C4=C(CCC=C4)Cc4ccccc43)cc21. The lowest BCUT2D eigenvalue weighted by Crippen LogP contribution is -2.25. The lowest BCUT2D eigenvalue weighted by atomic mass is 9.81. The lowest BCUT2D eigenvalue weighted by molar-refractivity contribution is 0.660. The fourth-order valence-electron chi connectivity index (χ4n) is 9.81. The standard InChI is InChI=1S/C53H42N2/c1-53(2)46-31-35(26-29-43(46)44-30-28-41(34-47(44)53)54-48-20-7-3-13-37(48)32-38-14-4-8-21-49(38)54)25-27-36-17-11-19-45-42(36)18-12-24-52(45)55-50-22-9-5-15-39(50)33-40-16-6-10-23-51(40)55/h3,5-13,15-31,34H,4,14,32-33H2,1-2H3/b27-25+. The number of nitrogens with zero attached hydrogens (tertiary/aromatic N) is 2. The highest BCUT2D eigenvalue weighted by Gasteiger charge is 2.37. The van der Waals surface area contributed by atoms with E-state index in [2.05, 4.69) is 194 Å². The minimum atomic E-state index is -0.130. The first kappa shape index (κ1) is 32.1. The first-order valence-corrected chi connectivity index (χ1v) is 19.7. The van der Waals surface area contributed by atoms with Crippen molar-refractivity contribution in [1.29, 1.82) is 0 Å². The second-order valence-electron chi connectivity index (χ2n) is 16.1. The summed E-state index contributed by atoms with van der Waals surface area (Å²) in [4.78, 5) is 4.97. The van der Waals surface area contributed by atoms with E-state index in [1.54, 1.807) is 5.57 Å². The third-order valence-corrected chi connectivity index (χ3v) is 12.5. The van der Waals surface area contributed by atoms with Crippen molar-refractivity contribution in [2.45, 2.75) is 44.9 Å². The Labute approximate surface area is 324 Å². The van der Waals surface area contributed by atoms with Gasteiger partial charge in [-0.2, -0.15) is 0 Å². The smallest absolute Gasteiger partial charge is 0.0540 e. The molecule has 0 radical (unpaired) electrons.